The van der Waals surface area contributed by atoms with Gasteiger partial charge < -0.3 is 0 Å². The maximum atomic E-state index is 12.2. The lowest BCUT2D eigenvalue weighted by molar-refractivity contribution is -0.384. The molecule has 0 aliphatic heterocycles. The summed E-state index contributed by atoms with van der Waals surface area (Å²) < 4.78 is 0. The summed E-state index contributed by atoms with van der Waals surface area (Å²) in [7, 11) is 0. The number of nitro benzene ring substituents is 1. The average molecular weight is 339 g/mol. The predicted octanol–water partition coefficient (Wildman–Crippen LogP) is 2.55. The number of rotatable bonds is 3. The molecule has 0 atom stereocenters. The maximum Gasteiger partial charge on any atom is 0.269 e. The van der Waals surface area contributed by atoms with E-state index in [0.717, 1.165) is 19.3 Å². The van der Waals surface area contributed by atoms with E-state index in [-0.39, 0.29) is 11.3 Å². The number of nitrogens with one attached hydrogen (secondary N) is 2. The first-order valence-corrected chi connectivity index (χ1v) is 8.01. The third kappa shape index (κ3) is 3.82. The van der Waals surface area contributed by atoms with Crippen LogP contribution in [0.4, 0.5) is 5.69 Å². The van der Waals surface area contributed by atoms with Gasteiger partial charge in [-0.2, -0.15) is 0 Å². The molecule has 2 aromatic rings. The van der Waals surface area contributed by atoms with Crippen molar-refractivity contribution in [1.82, 2.24) is 10.9 Å². The van der Waals surface area contributed by atoms with E-state index in [2.05, 4.69) is 10.9 Å². The molecule has 3 rings (SSSR count). The van der Waals surface area contributed by atoms with Gasteiger partial charge in [0.15, 0.2) is 0 Å². The standard InChI is InChI=1S/C18H17N3O4/c22-17(13-7-9-16(10-8-13)21(24)25)19-20-18(23)15-6-5-12-3-1-2-4-14(12)11-15/h5-11H,1-4H2,(H,19,22)(H,20,23). The van der Waals surface area contributed by atoms with Crippen LogP contribution in [-0.2, 0) is 12.8 Å². The van der Waals surface area contributed by atoms with Crippen LogP contribution in [-0.4, -0.2) is 16.7 Å². The highest BCUT2D eigenvalue weighted by Gasteiger charge is 2.14. The Hall–Kier alpha value is -3.22. The van der Waals surface area contributed by atoms with Gasteiger partial charge in [0.25, 0.3) is 17.5 Å². The predicted molar refractivity (Wildman–Crippen MR) is 91.1 cm³/mol. The molecule has 0 bridgehead atoms. The summed E-state index contributed by atoms with van der Waals surface area (Å²) in [6.45, 7) is 0. The second kappa shape index (κ2) is 7.12. The van der Waals surface area contributed by atoms with Crippen molar-refractivity contribution in [1.29, 1.82) is 0 Å². The Bertz CT molecular complexity index is 831. The number of non-ortho nitro benzene ring substituents is 1. The number of hydrogen-bond acceptors (Lipinski definition) is 4. The number of hydrogen-bond donors (Lipinski definition) is 2. The molecule has 0 heterocycles. The van der Waals surface area contributed by atoms with Crippen molar-refractivity contribution >= 4 is 17.5 Å². The normalized spacial score (nSPS) is 12.8. The van der Waals surface area contributed by atoms with Gasteiger partial charge in [0, 0.05) is 23.3 Å². The molecule has 2 N–H and O–H groups in total. The highest BCUT2D eigenvalue weighted by atomic mass is 16.6. The molecule has 0 radical (unpaired) electrons. The maximum absolute atomic E-state index is 12.2. The van der Waals surface area contributed by atoms with Crippen molar-refractivity contribution in [2.45, 2.75) is 25.7 Å². The topological polar surface area (TPSA) is 101 Å². The number of hydrazine groups is 1. The molecule has 7 heteroatoms. The van der Waals surface area contributed by atoms with Crippen LogP contribution in [0.5, 0.6) is 0 Å². The van der Waals surface area contributed by atoms with E-state index in [9.17, 15) is 19.7 Å². The first kappa shape index (κ1) is 16.6. The fourth-order valence-electron chi connectivity index (χ4n) is 2.87. The van der Waals surface area contributed by atoms with Crippen LogP contribution >= 0.6 is 0 Å². The van der Waals surface area contributed by atoms with Crippen LogP contribution in [0.1, 0.15) is 44.7 Å². The molecule has 0 unspecified atom stereocenters. The summed E-state index contributed by atoms with van der Waals surface area (Å²) in [4.78, 5) is 34.3. The van der Waals surface area contributed by atoms with Crippen LogP contribution in [0.2, 0.25) is 0 Å². The Morgan fingerprint density at radius 2 is 1.40 bits per heavy atom. The monoisotopic (exact) mass is 339 g/mol. The summed E-state index contributed by atoms with van der Waals surface area (Å²) in [6.07, 6.45) is 4.29. The molecule has 25 heavy (non-hydrogen) atoms. The van der Waals surface area contributed by atoms with Crippen LogP contribution in [0.3, 0.4) is 0 Å². The molecular formula is C18H17N3O4. The first-order chi connectivity index (χ1) is 12.0. The van der Waals surface area contributed by atoms with Gasteiger partial charge in [0.1, 0.15) is 0 Å². The van der Waals surface area contributed by atoms with Crippen LogP contribution in [0.25, 0.3) is 0 Å². The smallest absolute Gasteiger partial charge is 0.267 e. The second-order valence-corrected chi connectivity index (χ2v) is 5.90. The SMILES string of the molecule is O=C(NNC(=O)c1ccc2c(c1)CCCC2)c1ccc([N+](=O)[O-])cc1. The van der Waals surface area contributed by atoms with E-state index < -0.39 is 16.7 Å². The Balaban J connectivity index is 1.61. The molecule has 128 valence electrons. The molecular weight excluding hydrogens is 322 g/mol. The van der Waals surface area contributed by atoms with E-state index in [4.69, 9.17) is 0 Å². The number of carbonyl (C=O) groups excluding carboxylic acids is 2. The number of aryl methyl sites for hydroxylation is 2. The highest BCUT2D eigenvalue weighted by Crippen LogP contribution is 2.22. The molecule has 1 aliphatic rings. The molecule has 1 aliphatic carbocycles. The summed E-state index contributed by atoms with van der Waals surface area (Å²) >= 11 is 0. The zero-order valence-electron chi connectivity index (χ0n) is 13.5. The van der Waals surface area contributed by atoms with Gasteiger partial charge >= 0.3 is 0 Å². The van der Waals surface area contributed by atoms with Gasteiger partial charge in [0.2, 0.25) is 0 Å². The molecule has 7 nitrogen and oxygen atoms in total. The number of benzene rings is 2. The largest absolute Gasteiger partial charge is 0.269 e. The van der Waals surface area contributed by atoms with Crippen LogP contribution < -0.4 is 10.9 Å². The number of amides is 2. The lowest BCUT2D eigenvalue weighted by Crippen LogP contribution is -2.41. The van der Waals surface area contributed by atoms with E-state index in [0.29, 0.717) is 5.56 Å². The third-order valence-corrected chi connectivity index (χ3v) is 4.24. The Kier molecular flexibility index (Phi) is 4.74. The minimum Gasteiger partial charge on any atom is -0.267 e. The summed E-state index contributed by atoms with van der Waals surface area (Å²) in [5.41, 5.74) is 7.75. The molecule has 0 fully saturated rings. The number of nitro groups is 1. The summed E-state index contributed by atoms with van der Waals surface area (Å²) in [5, 5.41) is 10.6. The molecule has 0 saturated carbocycles. The Labute approximate surface area is 144 Å². The van der Waals surface area contributed by atoms with E-state index in [1.54, 1.807) is 6.07 Å². The van der Waals surface area contributed by atoms with Gasteiger partial charge in [-0.05, 0) is 61.1 Å². The van der Waals surface area contributed by atoms with Gasteiger partial charge in [-0.15, -0.1) is 0 Å². The van der Waals surface area contributed by atoms with Gasteiger partial charge in [-0.25, -0.2) is 0 Å². The number of fused-ring (bicyclic) bond motifs is 1. The third-order valence-electron chi connectivity index (χ3n) is 4.24. The van der Waals surface area contributed by atoms with E-state index in [1.165, 1.54) is 41.8 Å². The molecule has 0 saturated heterocycles. The fourth-order valence-corrected chi connectivity index (χ4v) is 2.87. The highest BCUT2D eigenvalue weighted by molar-refractivity contribution is 5.99. The van der Waals surface area contributed by atoms with Crippen molar-refractivity contribution < 1.29 is 14.5 Å². The van der Waals surface area contributed by atoms with E-state index >= 15 is 0 Å². The van der Waals surface area contributed by atoms with Crippen LogP contribution in [0.15, 0.2) is 42.5 Å². The quantitative estimate of drug-likeness (QED) is 0.663. The lowest BCUT2D eigenvalue weighted by Gasteiger charge is -2.16. The van der Waals surface area contributed by atoms with Gasteiger partial charge in [0.05, 0.1) is 4.92 Å². The Morgan fingerprint density at radius 1 is 0.840 bits per heavy atom. The van der Waals surface area contributed by atoms with Crippen molar-refractivity contribution in [3.05, 3.63) is 74.8 Å². The molecule has 2 amide bonds. The first-order valence-electron chi connectivity index (χ1n) is 8.01. The number of nitrogens with zero attached hydrogens (tertiary/aromatic N) is 1. The van der Waals surface area contributed by atoms with E-state index in [1.807, 2.05) is 12.1 Å². The average Bonchev–Trinajstić information content (AvgIpc) is 2.65. The fraction of sp³-hybridized carbons (Fsp3) is 0.222. The zero-order valence-corrected chi connectivity index (χ0v) is 13.5. The van der Waals surface area contributed by atoms with Crippen LogP contribution in [0, 0.1) is 10.1 Å². The lowest BCUT2D eigenvalue weighted by atomic mass is 9.90. The Morgan fingerprint density at radius 3 is 2.04 bits per heavy atom. The molecule has 2 aromatic carbocycles. The van der Waals surface area contributed by atoms with Crippen molar-refractivity contribution in [2.24, 2.45) is 0 Å². The molecule has 0 aromatic heterocycles. The number of carbonyl (C=O) groups is 2. The van der Waals surface area contributed by atoms with Crippen molar-refractivity contribution in [3.8, 4) is 0 Å². The molecule has 0 spiro atoms. The van der Waals surface area contributed by atoms with Gasteiger partial charge in [-0.1, -0.05) is 6.07 Å². The minimum absolute atomic E-state index is 0.102. The summed E-state index contributed by atoms with van der Waals surface area (Å²) in [5.74, 6) is -0.940. The second-order valence-electron chi connectivity index (χ2n) is 5.90. The zero-order chi connectivity index (χ0) is 17.8. The summed E-state index contributed by atoms with van der Waals surface area (Å²) in [6, 6.07) is 10.7. The van der Waals surface area contributed by atoms with Crippen molar-refractivity contribution in [3.63, 3.8) is 0 Å². The minimum atomic E-state index is -0.542. The van der Waals surface area contributed by atoms with Crippen molar-refractivity contribution in [2.75, 3.05) is 0 Å². The van der Waals surface area contributed by atoms with Gasteiger partial charge in [-0.3, -0.25) is 30.6 Å².